The predicted octanol–water partition coefficient (Wildman–Crippen LogP) is 3.78. The molecule has 8 heteroatoms. The van der Waals surface area contributed by atoms with Gasteiger partial charge in [-0.2, -0.15) is 18.3 Å². The number of hydrogen-bond donors (Lipinski definition) is 0. The number of carbonyl (C=O) groups excluding carboxylic acids is 1. The number of halogens is 4. The van der Waals surface area contributed by atoms with Gasteiger partial charge in [0.25, 0.3) is 0 Å². The number of aryl methyl sites for hydroxylation is 1. The van der Waals surface area contributed by atoms with Gasteiger partial charge in [0.1, 0.15) is 12.6 Å². The maximum Gasteiger partial charge on any atom is 0.422 e. The van der Waals surface area contributed by atoms with Crippen molar-refractivity contribution in [1.29, 1.82) is 0 Å². The predicted molar refractivity (Wildman–Crippen MR) is 77.7 cm³/mol. The fraction of sp³-hybridized carbons (Fsp3) is 0.357. The molecule has 0 bridgehead atoms. The molecule has 0 saturated heterocycles. The van der Waals surface area contributed by atoms with Crippen LogP contribution in [-0.2, 0) is 16.0 Å². The number of rotatable bonds is 4. The van der Waals surface area contributed by atoms with Gasteiger partial charge in [0.05, 0.1) is 0 Å². The molecule has 0 saturated carbocycles. The van der Waals surface area contributed by atoms with Gasteiger partial charge in [-0.1, -0.05) is 20.4 Å². The van der Waals surface area contributed by atoms with Crippen LogP contribution >= 0.6 is 0 Å². The summed E-state index contributed by atoms with van der Waals surface area (Å²) in [4.78, 5) is 8.00. The zero-order chi connectivity index (χ0) is 16.5. The van der Waals surface area contributed by atoms with Crippen LogP contribution in [0.5, 0.6) is 0 Å². The third-order valence-electron chi connectivity index (χ3n) is 2.22. The van der Waals surface area contributed by atoms with Gasteiger partial charge < -0.3 is 9.53 Å². The molecule has 0 aliphatic heterocycles. The Morgan fingerprint density at radius 3 is 2.32 bits per heavy atom. The van der Waals surface area contributed by atoms with Gasteiger partial charge in [-0.25, -0.2) is 4.39 Å². The van der Waals surface area contributed by atoms with E-state index in [-0.39, 0.29) is 13.0 Å². The summed E-state index contributed by atoms with van der Waals surface area (Å²) < 4.78 is 54.2. The van der Waals surface area contributed by atoms with Crippen molar-refractivity contribution in [3.05, 3.63) is 35.1 Å². The van der Waals surface area contributed by atoms with Crippen molar-refractivity contribution in [2.24, 2.45) is 10.2 Å². The summed E-state index contributed by atoms with van der Waals surface area (Å²) in [6.45, 7) is 5.27. The molecule has 0 unspecified atom stereocenters. The minimum absolute atomic E-state index is 0. The molecule has 4 nitrogen and oxygen atoms in total. The summed E-state index contributed by atoms with van der Waals surface area (Å²) in [5.74, 6) is -0.957. The average molecular weight is 322 g/mol. The highest BCUT2D eigenvalue weighted by Crippen LogP contribution is 2.17. The van der Waals surface area contributed by atoms with E-state index >= 15 is 0 Å². The van der Waals surface area contributed by atoms with Crippen LogP contribution in [0.2, 0.25) is 0 Å². The first kappa shape index (κ1) is 22.0. The van der Waals surface area contributed by atoms with Crippen LogP contribution in [0.25, 0.3) is 0 Å². The summed E-state index contributed by atoms with van der Waals surface area (Å²) >= 11 is 0. The molecule has 0 heterocycles. The minimum atomic E-state index is -4.51. The number of ether oxygens (including phenoxy) is 1. The molecule has 0 N–H and O–H groups in total. The second kappa shape index (κ2) is 10.5. The van der Waals surface area contributed by atoms with Gasteiger partial charge in [0.15, 0.2) is 6.61 Å². The van der Waals surface area contributed by atoms with E-state index < -0.39 is 24.5 Å². The van der Waals surface area contributed by atoms with Gasteiger partial charge in [-0.05, 0) is 24.1 Å². The minimum Gasteiger partial charge on any atom is -0.467 e. The maximum absolute atomic E-state index is 13.5. The SMILES string of the molecule is C.C=N/N=C(\OCC(F)(F)F)c1ccc(CC)c(F)c1.C=O. The van der Waals surface area contributed by atoms with Crippen LogP contribution in [0.4, 0.5) is 17.6 Å². The molecule has 1 rings (SSSR count). The van der Waals surface area contributed by atoms with Gasteiger partial charge in [0.2, 0.25) is 5.90 Å². The molecule has 0 aliphatic rings. The average Bonchev–Trinajstić information content (AvgIpc) is 2.44. The maximum atomic E-state index is 13.5. The zero-order valence-corrected chi connectivity index (χ0v) is 11.3. The fourth-order valence-corrected chi connectivity index (χ4v) is 1.35. The summed E-state index contributed by atoms with van der Waals surface area (Å²) in [5.41, 5.74) is 0.525. The lowest BCUT2D eigenvalue weighted by molar-refractivity contribution is -0.156. The lowest BCUT2D eigenvalue weighted by Crippen LogP contribution is -2.21. The molecule has 1 aromatic carbocycles. The zero-order valence-electron chi connectivity index (χ0n) is 11.3. The molecule has 0 aromatic heterocycles. The van der Waals surface area contributed by atoms with Crippen LogP contribution in [-0.4, -0.2) is 32.2 Å². The third-order valence-corrected chi connectivity index (χ3v) is 2.22. The van der Waals surface area contributed by atoms with Crippen molar-refractivity contribution in [2.45, 2.75) is 26.9 Å². The molecule has 0 aliphatic carbocycles. The van der Waals surface area contributed by atoms with Crippen molar-refractivity contribution in [3.8, 4) is 0 Å². The molecule has 0 fully saturated rings. The Balaban J connectivity index is 0. The third kappa shape index (κ3) is 7.51. The fourth-order valence-electron chi connectivity index (χ4n) is 1.35. The van der Waals surface area contributed by atoms with Crippen molar-refractivity contribution in [3.63, 3.8) is 0 Å². The first-order chi connectivity index (χ1) is 9.87. The Bertz CT molecular complexity index is 502. The van der Waals surface area contributed by atoms with E-state index in [1.165, 1.54) is 12.1 Å². The number of alkyl halides is 3. The van der Waals surface area contributed by atoms with Crippen LogP contribution < -0.4 is 0 Å². The quantitative estimate of drug-likeness (QED) is 0.367. The normalized spacial score (nSPS) is 10.9. The Morgan fingerprint density at radius 1 is 1.32 bits per heavy atom. The first-order valence-electron chi connectivity index (χ1n) is 5.68. The molecule has 1 aromatic rings. The summed E-state index contributed by atoms with van der Waals surface area (Å²) in [6, 6.07) is 3.93. The molecular weight excluding hydrogens is 304 g/mol. The standard InChI is InChI=1S/C12H12F4N2O.CH2O.CH4/c1-3-8-4-5-9(6-10(8)13)11(18-17-2)19-7-12(14,15)16;1-2;/h4-6H,2-3,7H2,1H3;1H2;1H4/b18-11-;;. The summed E-state index contributed by atoms with van der Waals surface area (Å²) in [5, 5.41) is 6.44. The second-order valence-electron chi connectivity index (χ2n) is 3.61. The number of nitrogens with zero attached hydrogens (tertiary/aromatic N) is 2. The topological polar surface area (TPSA) is 51.0 Å². The Labute approximate surface area is 126 Å². The smallest absolute Gasteiger partial charge is 0.422 e. The number of hydrogen-bond acceptors (Lipinski definition) is 4. The van der Waals surface area contributed by atoms with Gasteiger partial charge in [-0.3, -0.25) is 0 Å². The molecular formula is C14H18F4N2O2. The number of carbonyl (C=O) groups is 1. The van der Waals surface area contributed by atoms with Crippen molar-refractivity contribution >= 4 is 19.4 Å². The Morgan fingerprint density at radius 2 is 1.91 bits per heavy atom. The Hall–Kier alpha value is -2.25. The largest absolute Gasteiger partial charge is 0.467 e. The van der Waals surface area contributed by atoms with E-state index in [9.17, 15) is 17.6 Å². The number of benzene rings is 1. The van der Waals surface area contributed by atoms with Gasteiger partial charge in [-0.15, -0.1) is 5.10 Å². The molecule has 0 spiro atoms. The second-order valence-corrected chi connectivity index (χ2v) is 3.61. The highest BCUT2D eigenvalue weighted by molar-refractivity contribution is 5.94. The van der Waals surface area contributed by atoms with Gasteiger partial charge in [0, 0.05) is 12.3 Å². The van der Waals surface area contributed by atoms with E-state index in [2.05, 4.69) is 21.7 Å². The Kier molecular flexibility index (Phi) is 10.5. The van der Waals surface area contributed by atoms with Crippen molar-refractivity contribution in [1.82, 2.24) is 0 Å². The highest BCUT2D eigenvalue weighted by Gasteiger charge is 2.29. The lowest BCUT2D eigenvalue weighted by Gasteiger charge is -2.11. The van der Waals surface area contributed by atoms with E-state index in [1.807, 2.05) is 6.79 Å². The molecule has 0 radical (unpaired) electrons. The van der Waals surface area contributed by atoms with Crippen LogP contribution in [0.1, 0.15) is 25.5 Å². The van der Waals surface area contributed by atoms with Crippen molar-refractivity contribution in [2.75, 3.05) is 6.61 Å². The van der Waals surface area contributed by atoms with E-state index in [0.29, 0.717) is 12.0 Å². The molecule has 124 valence electrons. The van der Waals surface area contributed by atoms with E-state index in [4.69, 9.17) is 4.79 Å². The lowest BCUT2D eigenvalue weighted by atomic mass is 10.1. The van der Waals surface area contributed by atoms with Crippen molar-refractivity contribution < 1.29 is 27.1 Å². The molecule has 0 atom stereocenters. The summed E-state index contributed by atoms with van der Waals surface area (Å²) in [6.07, 6.45) is -4.04. The summed E-state index contributed by atoms with van der Waals surface area (Å²) in [7, 11) is 0. The van der Waals surface area contributed by atoms with Crippen LogP contribution in [0.3, 0.4) is 0 Å². The first-order valence-corrected chi connectivity index (χ1v) is 5.68. The van der Waals surface area contributed by atoms with Crippen LogP contribution in [0.15, 0.2) is 28.4 Å². The van der Waals surface area contributed by atoms with Crippen LogP contribution in [0, 0.1) is 5.82 Å². The molecule has 0 amide bonds. The van der Waals surface area contributed by atoms with E-state index in [0.717, 1.165) is 6.07 Å². The highest BCUT2D eigenvalue weighted by atomic mass is 19.4. The molecule has 22 heavy (non-hydrogen) atoms. The van der Waals surface area contributed by atoms with E-state index in [1.54, 1.807) is 6.92 Å². The monoisotopic (exact) mass is 322 g/mol. The van der Waals surface area contributed by atoms with Gasteiger partial charge >= 0.3 is 6.18 Å².